The lowest BCUT2D eigenvalue weighted by atomic mass is 10.0. The number of anilines is 1. The first kappa shape index (κ1) is 19.5. The van der Waals surface area contributed by atoms with Crippen LogP contribution in [0.3, 0.4) is 0 Å². The second-order valence-corrected chi connectivity index (χ2v) is 8.28. The van der Waals surface area contributed by atoms with Gasteiger partial charge in [0.2, 0.25) is 0 Å². The number of hydrogen-bond acceptors (Lipinski definition) is 4. The van der Waals surface area contributed by atoms with Crippen molar-refractivity contribution in [2.24, 2.45) is 0 Å². The third-order valence-electron chi connectivity index (χ3n) is 5.29. The molecule has 6 nitrogen and oxygen atoms in total. The fourth-order valence-electron chi connectivity index (χ4n) is 3.77. The predicted molar refractivity (Wildman–Crippen MR) is 122 cm³/mol. The van der Waals surface area contributed by atoms with Crippen LogP contribution in [-0.2, 0) is 6.54 Å². The smallest absolute Gasteiger partial charge is 0.281 e. The maximum atomic E-state index is 12.8. The Morgan fingerprint density at radius 2 is 1.68 bits per heavy atom. The molecule has 0 saturated heterocycles. The summed E-state index contributed by atoms with van der Waals surface area (Å²) in [5.41, 5.74) is 4.55. The molecule has 4 aromatic rings. The maximum absolute atomic E-state index is 12.8. The molecule has 1 aliphatic heterocycles. The zero-order valence-corrected chi connectivity index (χ0v) is 18.0. The predicted octanol–water partition coefficient (Wildman–Crippen LogP) is 5.32. The Morgan fingerprint density at radius 1 is 0.968 bits per heavy atom. The maximum Gasteiger partial charge on any atom is 0.281 e. The minimum Gasteiger partial charge on any atom is -0.359 e. The number of carbonyl (C=O) groups excluding carboxylic acids is 1. The third-order valence-corrected chi connectivity index (χ3v) is 5.82. The fourth-order valence-corrected chi connectivity index (χ4v) is 4.03. The van der Waals surface area contributed by atoms with Gasteiger partial charge in [0.25, 0.3) is 5.91 Å². The highest BCUT2D eigenvalue weighted by Gasteiger charge is 2.34. The lowest BCUT2D eigenvalue weighted by Crippen LogP contribution is -2.40. The quantitative estimate of drug-likeness (QED) is 0.392. The lowest BCUT2D eigenvalue weighted by Gasteiger charge is -2.33. The van der Waals surface area contributed by atoms with E-state index in [0.717, 1.165) is 20.7 Å². The molecule has 0 bridgehead atoms. The van der Waals surface area contributed by atoms with Crippen molar-refractivity contribution in [2.75, 3.05) is 5.32 Å². The van der Waals surface area contributed by atoms with E-state index in [2.05, 4.69) is 21.2 Å². The first-order valence-corrected chi connectivity index (χ1v) is 10.6. The molecule has 5 rings (SSSR count). The Bertz CT molecular complexity index is 1240. The molecule has 0 aliphatic carbocycles. The molecule has 1 amide bonds. The minimum atomic E-state index is -0.753. The number of hydroxylamine groups is 2. The zero-order valence-electron chi connectivity index (χ0n) is 16.4. The first-order chi connectivity index (χ1) is 15.1. The Balaban J connectivity index is 1.58. The molecule has 0 unspecified atom stereocenters. The van der Waals surface area contributed by atoms with Gasteiger partial charge in [-0.25, -0.2) is 0 Å². The molecule has 1 atom stereocenters. The number of nitrogens with one attached hydrogen (secondary N) is 1. The number of amides is 1. The summed E-state index contributed by atoms with van der Waals surface area (Å²) in [6.45, 7) is 0.565. The van der Waals surface area contributed by atoms with Crippen molar-refractivity contribution >= 4 is 27.5 Å². The minimum absolute atomic E-state index is 0.435. The zero-order chi connectivity index (χ0) is 21.4. The summed E-state index contributed by atoms with van der Waals surface area (Å²) in [7, 11) is 0. The van der Waals surface area contributed by atoms with Crippen molar-refractivity contribution in [3.05, 3.63) is 106 Å². The van der Waals surface area contributed by atoms with Gasteiger partial charge in [-0.2, -0.15) is 10.2 Å². The Hall–Kier alpha value is -3.42. The number of benzene rings is 3. The molecule has 1 aromatic heterocycles. The van der Waals surface area contributed by atoms with Crippen LogP contribution < -0.4 is 5.32 Å². The van der Waals surface area contributed by atoms with Crippen molar-refractivity contribution < 1.29 is 10.0 Å². The van der Waals surface area contributed by atoms with Crippen molar-refractivity contribution in [2.45, 2.75) is 12.7 Å². The molecular weight excluding hydrogens is 456 g/mol. The number of para-hydroxylation sites is 1. The monoisotopic (exact) mass is 474 g/mol. The second kappa shape index (κ2) is 8.02. The van der Waals surface area contributed by atoms with Crippen LogP contribution in [0.15, 0.2) is 89.5 Å². The molecule has 1 aliphatic rings. The molecule has 0 fully saturated rings. The average molecular weight is 475 g/mol. The second-order valence-electron chi connectivity index (χ2n) is 7.37. The van der Waals surface area contributed by atoms with Crippen LogP contribution in [0.1, 0.15) is 27.7 Å². The van der Waals surface area contributed by atoms with Crippen LogP contribution >= 0.6 is 15.9 Å². The highest BCUT2D eigenvalue weighted by molar-refractivity contribution is 9.10. The fraction of sp³-hybridized carbons (Fsp3) is 0.0833. The molecule has 3 aromatic carbocycles. The van der Waals surface area contributed by atoms with E-state index >= 15 is 0 Å². The van der Waals surface area contributed by atoms with Gasteiger partial charge >= 0.3 is 0 Å². The normalized spacial score (nSPS) is 15.5. The van der Waals surface area contributed by atoms with Crippen molar-refractivity contribution in [1.29, 1.82) is 0 Å². The van der Waals surface area contributed by atoms with E-state index in [4.69, 9.17) is 5.10 Å². The van der Waals surface area contributed by atoms with Crippen LogP contribution in [-0.4, -0.2) is 26.0 Å². The number of nitrogens with zero attached hydrogens (tertiary/aromatic N) is 3. The van der Waals surface area contributed by atoms with Gasteiger partial charge in [-0.05, 0) is 29.8 Å². The van der Waals surface area contributed by atoms with Gasteiger partial charge in [-0.1, -0.05) is 70.5 Å². The van der Waals surface area contributed by atoms with Gasteiger partial charge in [0.15, 0.2) is 6.17 Å². The average Bonchev–Trinajstić information content (AvgIpc) is 3.22. The van der Waals surface area contributed by atoms with Crippen molar-refractivity contribution in [1.82, 2.24) is 14.8 Å². The summed E-state index contributed by atoms with van der Waals surface area (Å²) in [5.74, 6) is -0.445. The standard InChI is InChI=1S/C24H19BrN4O2/c25-18-12-10-16(11-13-18)14-28-15-20(22(27-28)17-6-2-1-3-7-17)23-26-21-9-5-4-8-19(21)24(30)29(23)31/h1-13,15,23,26,31H,14H2/t23-/m1/s1. The molecule has 7 heteroatoms. The van der Waals surface area contributed by atoms with Crippen molar-refractivity contribution in [3.8, 4) is 11.3 Å². The van der Waals surface area contributed by atoms with Crippen LogP contribution in [0.5, 0.6) is 0 Å². The highest BCUT2D eigenvalue weighted by Crippen LogP contribution is 2.36. The topological polar surface area (TPSA) is 70.4 Å². The molecule has 154 valence electrons. The number of aromatic nitrogens is 2. The molecule has 2 heterocycles. The van der Waals surface area contributed by atoms with Gasteiger partial charge in [0.1, 0.15) is 0 Å². The summed E-state index contributed by atoms with van der Waals surface area (Å²) < 4.78 is 2.85. The van der Waals surface area contributed by atoms with E-state index in [9.17, 15) is 10.0 Å². The van der Waals surface area contributed by atoms with Crippen LogP contribution in [0.4, 0.5) is 5.69 Å². The summed E-state index contributed by atoms with van der Waals surface area (Å²) in [4.78, 5) is 12.8. The van der Waals surface area contributed by atoms with E-state index in [1.165, 1.54) is 0 Å². The SMILES string of the molecule is O=C1c2ccccc2N[C@@H](c2cn(Cc3ccc(Br)cc3)nc2-c2ccccc2)N1O. The van der Waals surface area contributed by atoms with E-state index < -0.39 is 12.1 Å². The first-order valence-electron chi connectivity index (χ1n) is 9.85. The van der Waals surface area contributed by atoms with Gasteiger partial charge in [0, 0.05) is 27.5 Å². The van der Waals surface area contributed by atoms with Crippen LogP contribution in [0.2, 0.25) is 0 Å². The largest absolute Gasteiger partial charge is 0.359 e. The summed E-state index contributed by atoms with van der Waals surface area (Å²) in [6, 6.07) is 25.0. The van der Waals surface area contributed by atoms with Gasteiger partial charge in [0.05, 0.1) is 17.8 Å². The number of halogens is 1. The molecular formula is C24H19BrN4O2. The Kier molecular flexibility index (Phi) is 5.05. The van der Waals surface area contributed by atoms with Crippen molar-refractivity contribution in [3.63, 3.8) is 0 Å². The molecule has 0 radical (unpaired) electrons. The van der Waals surface area contributed by atoms with E-state index in [1.807, 2.05) is 77.6 Å². The Labute approximate surface area is 187 Å². The summed E-state index contributed by atoms with van der Waals surface area (Å²) >= 11 is 3.46. The summed E-state index contributed by atoms with van der Waals surface area (Å²) in [5, 5.41) is 19.6. The molecule has 2 N–H and O–H groups in total. The summed E-state index contributed by atoms with van der Waals surface area (Å²) in [6.07, 6.45) is 1.13. The van der Waals surface area contributed by atoms with Gasteiger partial charge in [-0.3, -0.25) is 14.7 Å². The van der Waals surface area contributed by atoms with Crippen LogP contribution in [0, 0.1) is 0 Å². The van der Waals surface area contributed by atoms with E-state index in [0.29, 0.717) is 29.1 Å². The van der Waals surface area contributed by atoms with E-state index in [1.54, 1.807) is 12.1 Å². The lowest BCUT2D eigenvalue weighted by molar-refractivity contribution is -0.0850. The number of carbonyl (C=O) groups is 1. The molecule has 0 saturated carbocycles. The number of rotatable bonds is 4. The Morgan fingerprint density at radius 3 is 2.45 bits per heavy atom. The molecule has 0 spiro atoms. The molecule has 31 heavy (non-hydrogen) atoms. The van der Waals surface area contributed by atoms with Gasteiger partial charge < -0.3 is 5.32 Å². The van der Waals surface area contributed by atoms with Crippen LogP contribution in [0.25, 0.3) is 11.3 Å². The van der Waals surface area contributed by atoms with Gasteiger partial charge in [-0.15, -0.1) is 0 Å². The number of fused-ring (bicyclic) bond motifs is 1. The third kappa shape index (κ3) is 3.73. The van der Waals surface area contributed by atoms with E-state index in [-0.39, 0.29) is 0 Å². The number of hydrogen-bond donors (Lipinski definition) is 2. The highest BCUT2D eigenvalue weighted by atomic mass is 79.9.